The third kappa shape index (κ3) is 3.13. The second-order valence-corrected chi connectivity index (χ2v) is 8.40. The van der Waals surface area contributed by atoms with Gasteiger partial charge in [-0.1, -0.05) is 11.6 Å². The van der Waals surface area contributed by atoms with Gasteiger partial charge in [-0.25, -0.2) is 0 Å². The Kier molecular flexibility index (Phi) is 4.63. The second-order valence-electron chi connectivity index (χ2n) is 7.97. The molecule has 3 saturated carbocycles. The van der Waals surface area contributed by atoms with E-state index < -0.39 is 5.60 Å². The van der Waals surface area contributed by atoms with Crippen molar-refractivity contribution < 1.29 is 4.74 Å². The van der Waals surface area contributed by atoms with Gasteiger partial charge in [-0.05, 0) is 76.6 Å². The Morgan fingerprint density at radius 1 is 1.12 bits per heavy atom. The zero-order chi connectivity index (χ0) is 19.0. The molecule has 3 fully saturated rings. The molecule has 6 heteroatoms. The molecule has 3 aliphatic carbocycles. The molecule has 0 amide bonds. The maximum absolute atomic E-state index is 9.85. The van der Waals surface area contributed by atoms with Crippen molar-refractivity contribution >= 4 is 17.4 Å². The smallest absolute Gasteiger partial charge is 0.185 e. The van der Waals surface area contributed by atoms with Gasteiger partial charge < -0.3 is 4.74 Å². The lowest BCUT2D eigenvalue weighted by atomic mass is 9.57. The summed E-state index contributed by atoms with van der Waals surface area (Å²) >= 11 is 5.91. The van der Waals surface area contributed by atoms with E-state index in [1.165, 1.54) is 0 Å². The molecule has 0 saturated heterocycles. The van der Waals surface area contributed by atoms with Crippen LogP contribution in [0.25, 0.3) is 0 Å². The van der Waals surface area contributed by atoms with Crippen LogP contribution in [0.3, 0.4) is 0 Å². The van der Waals surface area contributed by atoms with Gasteiger partial charge in [0.05, 0.1) is 17.0 Å². The predicted octanol–water partition coefficient (Wildman–Crippen LogP) is 4.87. The standard InChI is InChI=1S/C20H23ClN4O/c1-18(2,26-16-5-3-15(21)4-6-16)17(24)25(14-23)20-10-7-19(13-22,8-11-20)9-12-20/h3-6,24H,7-12H2,1-2H3. The number of hydrogen-bond acceptors (Lipinski definition) is 4. The van der Waals surface area contributed by atoms with Crippen LogP contribution in [0.4, 0.5) is 0 Å². The van der Waals surface area contributed by atoms with E-state index in [1.807, 2.05) is 0 Å². The number of benzene rings is 1. The van der Waals surface area contributed by atoms with Gasteiger partial charge in [0.25, 0.3) is 0 Å². The summed E-state index contributed by atoms with van der Waals surface area (Å²) in [6.45, 7) is 3.60. The first kappa shape index (κ1) is 18.5. The molecule has 0 heterocycles. The quantitative estimate of drug-likeness (QED) is 0.354. The van der Waals surface area contributed by atoms with E-state index in [-0.39, 0.29) is 16.8 Å². The Morgan fingerprint density at radius 3 is 2.12 bits per heavy atom. The topological polar surface area (TPSA) is 83.9 Å². The predicted molar refractivity (Wildman–Crippen MR) is 99.8 cm³/mol. The molecule has 4 rings (SSSR count). The van der Waals surface area contributed by atoms with Gasteiger partial charge >= 0.3 is 0 Å². The molecule has 3 aliphatic rings. The van der Waals surface area contributed by atoms with Gasteiger partial charge in [-0.3, -0.25) is 10.3 Å². The van der Waals surface area contributed by atoms with Crippen molar-refractivity contribution in [3.8, 4) is 18.0 Å². The summed E-state index contributed by atoms with van der Waals surface area (Å²) in [5, 5.41) is 28.6. The Labute approximate surface area is 159 Å². The Morgan fingerprint density at radius 2 is 1.65 bits per heavy atom. The highest BCUT2D eigenvalue weighted by molar-refractivity contribution is 6.30. The van der Waals surface area contributed by atoms with Crippen LogP contribution in [-0.2, 0) is 0 Å². The second kappa shape index (κ2) is 6.49. The van der Waals surface area contributed by atoms with Crippen LogP contribution in [-0.4, -0.2) is 21.9 Å². The number of nitriles is 2. The molecular weight excluding hydrogens is 348 g/mol. The molecule has 136 valence electrons. The minimum Gasteiger partial charge on any atom is -0.480 e. The Hall–Kier alpha value is -2.24. The summed E-state index contributed by atoms with van der Waals surface area (Å²) in [5.41, 5.74) is -1.54. The molecule has 5 nitrogen and oxygen atoms in total. The largest absolute Gasteiger partial charge is 0.480 e. The van der Waals surface area contributed by atoms with Crippen molar-refractivity contribution in [1.29, 1.82) is 15.9 Å². The highest BCUT2D eigenvalue weighted by atomic mass is 35.5. The van der Waals surface area contributed by atoms with Gasteiger partial charge in [-0.15, -0.1) is 0 Å². The Balaban J connectivity index is 1.80. The summed E-state index contributed by atoms with van der Waals surface area (Å²) in [4.78, 5) is 1.55. The highest BCUT2D eigenvalue weighted by Crippen LogP contribution is 2.54. The molecule has 0 aromatic heterocycles. The number of nitrogens with one attached hydrogen (secondary N) is 1. The van der Waals surface area contributed by atoms with Gasteiger partial charge in [0.15, 0.2) is 17.6 Å². The summed E-state index contributed by atoms with van der Waals surface area (Å²) in [6, 6.07) is 9.48. The minimum absolute atomic E-state index is 0.154. The average Bonchev–Trinajstić information content (AvgIpc) is 2.65. The van der Waals surface area contributed by atoms with E-state index in [9.17, 15) is 10.5 Å². The first-order valence-electron chi connectivity index (χ1n) is 8.91. The number of hydrogen-bond donors (Lipinski definition) is 1. The number of nitrogens with zero attached hydrogens (tertiary/aromatic N) is 3. The highest BCUT2D eigenvalue weighted by Gasteiger charge is 2.54. The van der Waals surface area contributed by atoms with Crippen molar-refractivity contribution in [2.24, 2.45) is 5.41 Å². The molecule has 0 radical (unpaired) electrons. The molecular formula is C20H23ClN4O. The fourth-order valence-corrected chi connectivity index (χ4v) is 4.30. The van der Waals surface area contributed by atoms with Gasteiger partial charge in [0.2, 0.25) is 0 Å². The van der Waals surface area contributed by atoms with E-state index in [1.54, 1.807) is 43.0 Å². The van der Waals surface area contributed by atoms with Crippen LogP contribution in [0, 0.1) is 33.6 Å². The van der Waals surface area contributed by atoms with Crippen molar-refractivity contribution in [2.45, 2.75) is 63.5 Å². The molecule has 1 aromatic rings. The zero-order valence-corrected chi connectivity index (χ0v) is 15.9. The van der Waals surface area contributed by atoms with Crippen LogP contribution < -0.4 is 4.74 Å². The van der Waals surface area contributed by atoms with E-state index in [2.05, 4.69) is 12.3 Å². The average molecular weight is 371 g/mol. The normalized spacial score (nSPS) is 27.3. The number of amidine groups is 1. The molecule has 1 aromatic carbocycles. The van der Waals surface area contributed by atoms with E-state index >= 15 is 0 Å². The lowest BCUT2D eigenvalue weighted by Gasteiger charge is -2.54. The van der Waals surface area contributed by atoms with Crippen LogP contribution in [0.2, 0.25) is 5.02 Å². The summed E-state index contributed by atoms with van der Waals surface area (Å²) in [6.07, 6.45) is 6.96. The SMILES string of the molecule is CC(C)(Oc1ccc(Cl)cc1)C(=N)N(C#N)C12CCC(C#N)(CC1)CC2. The molecule has 0 atom stereocenters. The van der Waals surface area contributed by atoms with Crippen LogP contribution in [0.15, 0.2) is 24.3 Å². The zero-order valence-electron chi connectivity index (χ0n) is 15.2. The fourth-order valence-electron chi connectivity index (χ4n) is 4.18. The molecule has 26 heavy (non-hydrogen) atoms. The lowest BCUT2D eigenvalue weighted by Crippen LogP contribution is -2.60. The Bertz CT molecular complexity index is 763. The summed E-state index contributed by atoms with van der Waals surface area (Å²) in [5.74, 6) is 0.761. The number of ether oxygens (including phenoxy) is 1. The molecule has 2 bridgehead atoms. The monoisotopic (exact) mass is 370 g/mol. The van der Waals surface area contributed by atoms with Crippen LogP contribution in [0.1, 0.15) is 52.4 Å². The third-order valence-corrected chi connectivity index (χ3v) is 6.25. The van der Waals surface area contributed by atoms with E-state index in [0.29, 0.717) is 10.8 Å². The minimum atomic E-state index is -0.959. The van der Waals surface area contributed by atoms with E-state index in [4.69, 9.17) is 21.7 Å². The number of halogens is 1. The van der Waals surface area contributed by atoms with Crippen molar-refractivity contribution in [1.82, 2.24) is 4.90 Å². The summed E-state index contributed by atoms with van der Waals surface area (Å²) in [7, 11) is 0. The van der Waals surface area contributed by atoms with Crippen LogP contribution in [0.5, 0.6) is 5.75 Å². The van der Waals surface area contributed by atoms with Gasteiger partial charge in [-0.2, -0.15) is 10.5 Å². The van der Waals surface area contributed by atoms with Crippen LogP contribution >= 0.6 is 11.6 Å². The van der Waals surface area contributed by atoms with E-state index in [0.717, 1.165) is 38.5 Å². The first-order chi connectivity index (χ1) is 12.3. The van der Waals surface area contributed by atoms with Crippen molar-refractivity contribution in [3.63, 3.8) is 0 Å². The van der Waals surface area contributed by atoms with Gasteiger partial charge in [0, 0.05) is 5.02 Å². The molecule has 0 spiro atoms. The lowest BCUT2D eigenvalue weighted by molar-refractivity contribution is 0.0187. The molecule has 0 unspecified atom stereocenters. The fraction of sp³-hybridized carbons (Fsp3) is 0.550. The number of fused-ring (bicyclic) bond motifs is 3. The maximum atomic E-state index is 9.85. The molecule has 0 aliphatic heterocycles. The van der Waals surface area contributed by atoms with Gasteiger partial charge in [0.1, 0.15) is 5.75 Å². The number of rotatable bonds is 4. The van der Waals surface area contributed by atoms with Crippen molar-refractivity contribution in [2.75, 3.05) is 0 Å². The molecule has 1 N–H and O–H groups in total. The summed E-state index contributed by atoms with van der Waals surface area (Å²) < 4.78 is 6.01. The first-order valence-corrected chi connectivity index (χ1v) is 9.29. The van der Waals surface area contributed by atoms with Crippen molar-refractivity contribution in [3.05, 3.63) is 29.3 Å². The third-order valence-electron chi connectivity index (χ3n) is 6.00. The maximum Gasteiger partial charge on any atom is 0.185 e.